The van der Waals surface area contributed by atoms with Gasteiger partial charge in [0.25, 0.3) is 5.91 Å². The zero-order valence-electron chi connectivity index (χ0n) is 18.3. The second kappa shape index (κ2) is 10.9. The maximum atomic E-state index is 12.5. The Morgan fingerprint density at radius 2 is 1.62 bits per heavy atom. The molecule has 2 aromatic rings. The van der Waals surface area contributed by atoms with Crippen LogP contribution in [-0.2, 0) is 14.3 Å². The lowest BCUT2D eigenvalue weighted by atomic mass is 9.93. The quantitative estimate of drug-likeness (QED) is 0.315. The normalized spacial score (nSPS) is 21.4. The molecule has 5 atom stereocenters. The highest BCUT2D eigenvalue weighted by molar-refractivity contribution is 5.94. The van der Waals surface area contributed by atoms with Gasteiger partial charge < -0.3 is 35.8 Å². The van der Waals surface area contributed by atoms with Gasteiger partial charge in [-0.2, -0.15) is 0 Å². The van der Waals surface area contributed by atoms with Gasteiger partial charge in [-0.3, -0.25) is 9.59 Å². The maximum absolute atomic E-state index is 12.5. The van der Waals surface area contributed by atoms with E-state index in [1.54, 1.807) is 24.3 Å². The molecular weight excluding hydrogens is 444 g/mol. The van der Waals surface area contributed by atoms with Crippen molar-refractivity contribution in [2.24, 2.45) is 0 Å². The molecule has 6 N–H and O–H groups in total. The van der Waals surface area contributed by atoms with Crippen LogP contribution in [0.5, 0.6) is 0 Å². The highest BCUT2D eigenvalue weighted by Gasteiger charge is 2.43. The fraction of sp³-hybridized carbons (Fsp3) is 0.292. The van der Waals surface area contributed by atoms with Crippen LogP contribution in [-0.4, -0.2) is 75.2 Å². The Kier molecular flexibility index (Phi) is 8.00. The molecule has 1 aliphatic heterocycles. The van der Waals surface area contributed by atoms with Crippen molar-refractivity contribution < 1.29 is 39.5 Å². The average molecular weight is 470 g/mol. The Hall–Kier alpha value is -3.73. The lowest BCUT2D eigenvalue weighted by Gasteiger charge is -2.38. The number of aliphatic carboxylic acids is 1. The zero-order chi connectivity index (χ0) is 24.8. The van der Waals surface area contributed by atoms with Gasteiger partial charge in [-0.25, -0.2) is 4.79 Å². The summed E-state index contributed by atoms with van der Waals surface area (Å²) in [6.45, 7) is 0.779. The third-order valence-corrected chi connectivity index (χ3v) is 5.34. The predicted molar refractivity (Wildman–Crippen MR) is 120 cm³/mol. The number of carbonyl (C=O) groups excluding carboxylic acids is 2. The van der Waals surface area contributed by atoms with Gasteiger partial charge in [0.2, 0.25) is 11.7 Å². The summed E-state index contributed by atoms with van der Waals surface area (Å²) in [6.07, 6.45) is -5.40. The number of carbonyl (C=O) groups is 3. The van der Waals surface area contributed by atoms with E-state index < -0.39 is 60.5 Å². The van der Waals surface area contributed by atoms with Crippen molar-refractivity contribution in [1.29, 1.82) is 0 Å². The third kappa shape index (κ3) is 5.98. The third-order valence-electron chi connectivity index (χ3n) is 5.34. The molecule has 0 aliphatic carbocycles. The summed E-state index contributed by atoms with van der Waals surface area (Å²) >= 11 is 0. The monoisotopic (exact) mass is 470 g/mol. The highest BCUT2D eigenvalue weighted by Crippen LogP contribution is 2.23. The number of aliphatic hydroxyl groups is 3. The highest BCUT2D eigenvalue weighted by atomic mass is 16.5. The van der Waals surface area contributed by atoms with E-state index in [0.29, 0.717) is 5.56 Å². The lowest BCUT2D eigenvalue weighted by Crippen LogP contribution is -2.60. The number of hydrogen-bond acceptors (Lipinski definition) is 7. The van der Waals surface area contributed by atoms with Crippen LogP contribution < -0.4 is 10.6 Å². The predicted octanol–water partition coefficient (Wildman–Crippen LogP) is 0.0381. The topological polar surface area (TPSA) is 165 Å². The van der Waals surface area contributed by atoms with Gasteiger partial charge in [0.15, 0.2) is 6.10 Å². The fourth-order valence-corrected chi connectivity index (χ4v) is 3.60. The van der Waals surface area contributed by atoms with E-state index in [9.17, 15) is 29.7 Å². The Bertz CT molecular complexity index is 1050. The van der Waals surface area contributed by atoms with Crippen molar-refractivity contribution in [2.75, 3.05) is 6.54 Å². The Labute approximate surface area is 195 Å². The number of nitrogens with one attached hydrogen (secondary N) is 2. The lowest BCUT2D eigenvalue weighted by molar-refractivity contribution is -0.147. The SMILES string of the molecule is CC(=O)N[C@H]1[C@H]([C@H](O)[C@H](O)CNC(=O)c2ccc(-c3ccccc3)cc2)OC(C(=O)O)=C[C@@H]1O. The standard InChI is InChI=1S/C24H26N2O8/c1-13(27)26-20-17(28)11-19(24(32)33)34-22(20)21(30)18(29)12-25-23(31)16-9-7-15(8-10-16)14-5-3-2-4-6-14/h2-11,17-18,20-22,28-30H,12H2,1H3,(H,25,31)(H,26,27)(H,32,33)/t17-,18+,20+,21+,22+/m0/s1. The largest absolute Gasteiger partial charge is 0.478 e. The molecule has 0 unspecified atom stereocenters. The second-order valence-corrected chi connectivity index (χ2v) is 7.85. The molecule has 0 saturated heterocycles. The van der Waals surface area contributed by atoms with Gasteiger partial charge in [0.05, 0.1) is 6.04 Å². The van der Waals surface area contributed by atoms with E-state index in [1.165, 1.54) is 6.92 Å². The van der Waals surface area contributed by atoms with E-state index in [4.69, 9.17) is 9.84 Å². The van der Waals surface area contributed by atoms with Crippen molar-refractivity contribution in [2.45, 2.75) is 37.4 Å². The molecule has 0 fully saturated rings. The van der Waals surface area contributed by atoms with Crippen LogP contribution in [0, 0.1) is 0 Å². The number of carboxylic acid groups (broad SMARTS) is 1. The van der Waals surface area contributed by atoms with Crippen molar-refractivity contribution in [3.63, 3.8) is 0 Å². The molecule has 2 aromatic carbocycles. The second-order valence-electron chi connectivity index (χ2n) is 7.85. The summed E-state index contributed by atoms with van der Waals surface area (Å²) in [5, 5.41) is 45.2. The first kappa shape index (κ1) is 24.9. The summed E-state index contributed by atoms with van der Waals surface area (Å²) in [5.41, 5.74) is 2.25. The van der Waals surface area contributed by atoms with Crippen molar-refractivity contribution in [1.82, 2.24) is 10.6 Å². The molecule has 3 rings (SSSR count). The van der Waals surface area contributed by atoms with Crippen LogP contribution in [0.15, 0.2) is 66.4 Å². The molecule has 1 aliphatic rings. The fourth-order valence-electron chi connectivity index (χ4n) is 3.60. The van der Waals surface area contributed by atoms with Crippen molar-refractivity contribution >= 4 is 17.8 Å². The van der Waals surface area contributed by atoms with Gasteiger partial charge in [0.1, 0.15) is 18.3 Å². The van der Waals surface area contributed by atoms with E-state index >= 15 is 0 Å². The van der Waals surface area contributed by atoms with Crippen molar-refractivity contribution in [3.8, 4) is 11.1 Å². The number of carboxylic acids is 1. The van der Waals surface area contributed by atoms with Crippen LogP contribution in [0.2, 0.25) is 0 Å². The number of aliphatic hydroxyl groups excluding tert-OH is 3. The Balaban J connectivity index is 1.64. The van der Waals surface area contributed by atoms with Gasteiger partial charge in [-0.15, -0.1) is 0 Å². The van der Waals surface area contributed by atoms with Crippen molar-refractivity contribution in [3.05, 3.63) is 72.0 Å². The molecule has 34 heavy (non-hydrogen) atoms. The van der Waals surface area contributed by atoms with Crippen LogP contribution in [0.4, 0.5) is 0 Å². The summed E-state index contributed by atoms with van der Waals surface area (Å²) in [5.74, 6) is -3.18. The minimum Gasteiger partial charge on any atom is -0.478 e. The smallest absolute Gasteiger partial charge is 0.370 e. The first-order chi connectivity index (χ1) is 16.2. The maximum Gasteiger partial charge on any atom is 0.370 e. The first-order valence-corrected chi connectivity index (χ1v) is 10.5. The van der Waals surface area contributed by atoms with Gasteiger partial charge in [0, 0.05) is 19.0 Å². The molecule has 0 bridgehead atoms. The number of benzene rings is 2. The molecular formula is C24H26N2O8. The molecule has 1 heterocycles. The number of amides is 2. The molecule has 10 nitrogen and oxygen atoms in total. The number of ether oxygens (including phenoxy) is 1. The van der Waals surface area contributed by atoms with Gasteiger partial charge in [-0.1, -0.05) is 42.5 Å². The molecule has 10 heteroatoms. The number of hydrogen-bond donors (Lipinski definition) is 6. The summed E-state index contributed by atoms with van der Waals surface area (Å²) in [7, 11) is 0. The molecule has 0 saturated carbocycles. The van der Waals surface area contributed by atoms with Gasteiger partial charge >= 0.3 is 5.97 Å². The van der Waals surface area contributed by atoms with Crippen LogP contribution in [0.25, 0.3) is 11.1 Å². The summed E-state index contributed by atoms with van der Waals surface area (Å²) in [4.78, 5) is 35.2. The first-order valence-electron chi connectivity index (χ1n) is 10.5. The molecule has 0 spiro atoms. The minimum atomic E-state index is -1.74. The molecule has 2 amide bonds. The van der Waals surface area contributed by atoms with E-state index in [-0.39, 0.29) is 0 Å². The summed E-state index contributed by atoms with van der Waals surface area (Å²) in [6, 6.07) is 15.2. The Morgan fingerprint density at radius 1 is 1.00 bits per heavy atom. The Morgan fingerprint density at radius 3 is 2.21 bits per heavy atom. The van der Waals surface area contributed by atoms with Crippen LogP contribution >= 0.6 is 0 Å². The summed E-state index contributed by atoms with van der Waals surface area (Å²) < 4.78 is 5.23. The minimum absolute atomic E-state index is 0.331. The molecule has 0 radical (unpaired) electrons. The molecule has 0 aromatic heterocycles. The van der Waals surface area contributed by atoms with Crippen LogP contribution in [0.3, 0.4) is 0 Å². The van der Waals surface area contributed by atoms with Crippen LogP contribution in [0.1, 0.15) is 17.3 Å². The average Bonchev–Trinajstić information content (AvgIpc) is 2.83. The molecule has 180 valence electrons. The van der Waals surface area contributed by atoms with E-state index in [2.05, 4.69) is 10.6 Å². The number of rotatable bonds is 8. The van der Waals surface area contributed by atoms with E-state index in [1.807, 2.05) is 30.3 Å². The van der Waals surface area contributed by atoms with Gasteiger partial charge in [-0.05, 0) is 29.3 Å². The van der Waals surface area contributed by atoms with E-state index in [0.717, 1.165) is 17.2 Å². The zero-order valence-corrected chi connectivity index (χ0v) is 18.3.